The van der Waals surface area contributed by atoms with E-state index in [4.69, 9.17) is 21.1 Å². The number of aromatic nitrogens is 2. The molecule has 0 saturated heterocycles. The second kappa shape index (κ2) is 7.03. The summed E-state index contributed by atoms with van der Waals surface area (Å²) in [5.74, 6) is 0.888. The van der Waals surface area contributed by atoms with Gasteiger partial charge in [-0.1, -0.05) is 18.5 Å². The van der Waals surface area contributed by atoms with Gasteiger partial charge in [-0.15, -0.1) is 0 Å². The van der Waals surface area contributed by atoms with Gasteiger partial charge >= 0.3 is 0 Å². The number of hydrogen-bond acceptors (Lipinski definition) is 4. The predicted molar refractivity (Wildman–Crippen MR) is 97.1 cm³/mol. The number of fused-ring (bicyclic) bond motifs is 1. The van der Waals surface area contributed by atoms with Crippen LogP contribution in [0.5, 0.6) is 11.5 Å². The Kier molecular flexibility index (Phi) is 4.81. The van der Waals surface area contributed by atoms with Gasteiger partial charge in [-0.3, -0.25) is 9.20 Å². The van der Waals surface area contributed by atoms with Crippen LogP contribution in [-0.2, 0) is 6.42 Å². The molecule has 6 nitrogen and oxygen atoms in total. The normalized spacial score (nSPS) is 10.7. The van der Waals surface area contributed by atoms with Gasteiger partial charge in [0.15, 0.2) is 11.5 Å². The van der Waals surface area contributed by atoms with Crippen molar-refractivity contribution in [1.82, 2.24) is 9.38 Å². The Morgan fingerprint density at radius 3 is 2.64 bits per heavy atom. The summed E-state index contributed by atoms with van der Waals surface area (Å²) in [6.07, 6.45) is 2.38. The highest BCUT2D eigenvalue weighted by atomic mass is 35.5. The third-order valence-electron chi connectivity index (χ3n) is 3.85. The molecular formula is C18H18ClN3O3. The molecule has 130 valence electrons. The fourth-order valence-electron chi connectivity index (χ4n) is 2.66. The molecule has 3 aromatic rings. The molecule has 0 atom stereocenters. The van der Waals surface area contributed by atoms with Crippen LogP contribution >= 0.6 is 11.6 Å². The summed E-state index contributed by atoms with van der Waals surface area (Å²) in [5, 5.41) is 3.46. The van der Waals surface area contributed by atoms with Crippen LogP contribution in [0, 0.1) is 0 Å². The lowest BCUT2D eigenvalue weighted by atomic mass is 10.2. The lowest BCUT2D eigenvalue weighted by Gasteiger charge is -2.11. The Morgan fingerprint density at radius 1 is 1.20 bits per heavy atom. The quantitative estimate of drug-likeness (QED) is 0.752. The summed E-state index contributed by atoms with van der Waals surface area (Å²) in [7, 11) is 3.11. The van der Waals surface area contributed by atoms with Crippen LogP contribution < -0.4 is 14.8 Å². The molecule has 1 aromatic carbocycles. The Balaban J connectivity index is 1.97. The molecule has 0 unspecified atom stereocenters. The highest BCUT2D eigenvalue weighted by molar-refractivity contribution is 6.30. The Bertz CT molecular complexity index is 937. The number of carbonyl (C=O) groups is 1. The number of amides is 1. The summed E-state index contributed by atoms with van der Waals surface area (Å²) in [6.45, 7) is 1.95. The zero-order valence-corrected chi connectivity index (χ0v) is 14.9. The molecule has 0 aliphatic carbocycles. The summed E-state index contributed by atoms with van der Waals surface area (Å²) in [6, 6.07) is 8.66. The zero-order chi connectivity index (χ0) is 18.0. The minimum absolute atomic E-state index is 0.251. The van der Waals surface area contributed by atoms with Crippen molar-refractivity contribution >= 4 is 28.8 Å². The predicted octanol–water partition coefficient (Wildman–Crippen LogP) is 3.82. The highest BCUT2D eigenvalue weighted by Crippen LogP contribution is 2.30. The first-order valence-electron chi connectivity index (χ1n) is 7.77. The number of methoxy groups -OCH3 is 2. The summed E-state index contributed by atoms with van der Waals surface area (Å²) < 4.78 is 12.2. The molecule has 3 rings (SSSR count). The van der Waals surface area contributed by atoms with Gasteiger partial charge in [-0.2, -0.15) is 0 Å². The topological polar surface area (TPSA) is 64.9 Å². The first-order valence-corrected chi connectivity index (χ1v) is 8.15. The summed E-state index contributed by atoms with van der Waals surface area (Å²) in [4.78, 5) is 17.3. The van der Waals surface area contributed by atoms with Crippen molar-refractivity contribution in [3.05, 3.63) is 52.9 Å². The van der Waals surface area contributed by atoms with Crippen molar-refractivity contribution in [3.63, 3.8) is 0 Å². The SMILES string of the molecule is CCc1nc2cc(Cl)ccn2c1C(=O)Nc1ccc(OC)c(OC)c1. The van der Waals surface area contributed by atoms with Crippen molar-refractivity contribution in [3.8, 4) is 11.5 Å². The Hall–Kier alpha value is -2.73. The largest absolute Gasteiger partial charge is 0.493 e. The average molecular weight is 360 g/mol. The molecule has 25 heavy (non-hydrogen) atoms. The van der Waals surface area contributed by atoms with E-state index in [0.29, 0.717) is 45.7 Å². The van der Waals surface area contributed by atoms with Crippen LogP contribution in [0.2, 0.25) is 5.02 Å². The molecule has 0 radical (unpaired) electrons. The first-order chi connectivity index (χ1) is 12.1. The fourth-order valence-corrected chi connectivity index (χ4v) is 2.81. The van der Waals surface area contributed by atoms with E-state index in [1.54, 1.807) is 55.1 Å². The third kappa shape index (κ3) is 3.25. The Labute approximate surface area is 150 Å². The molecule has 2 aromatic heterocycles. The molecule has 0 fully saturated rings. The number of halogens is 1. The van der Waals surface area contributed by atoms with E-state index in [1.807, 2.05) is 6.92 Å². The standard InChI is InChI=1S/C18H18ClN3O3/c1-4-13-17(22-8-7-11(19)9-16(22)21-13)18(23)20-12-5-6-14(24-2)15(10-12)25-3/h5-10H,4H2,1-3H3,(H,20,23). The van der Waals surface area contributed by atoms with Crippen LogP contribution in [0.25, 0.3) is 5.65 Å². The van der Waals surface area contributed by atoms with E-state index in [9.17, 15) is 4.79 Å². The second-order valence-corrected chi connectivity index (χ2v) is 5.79. The number of hydrogen-bond donors (Lipinski definition) is 1. The first kappa shape index (κ1) is 17.1. The maximum absolute atomic E-state index is 12.8. The van der Waals surface area contributed by atoms with Crippen molar-refractivity contribution in [2.45, 2.75) is 13.3 Å². The van der Waals surface area contributed by atoms with E-state index >= 15 is 0 Å². The van der Waals surface area contributed by atoms with Crippen LogP contribution in [-0.4, -0.2) is 29.5 Å². The number of rotatable bonds is 5. The molecule has 0 saturated carbocycles. The van der Waals surface area contributed by atoms with Crippen LogP contribution in [0.4, 0.5) is 5.69 Å². The molecule has 0 spiro atoms. The molecule has 0 aliphatic heterocycles. The molecule has 1 N–H and O–H groups in total. The minimum atomic E-state index is -0.251. The molecule has 2 heterocycles. The van der Waals surface area contributed by atoms with Crippen molar-refractivity contribution in [2.24, 2.45) is 0 Å². The van der Waals surface area contributed by atoms with Gasteiger partial charge in [0, 0.05) is 29.0 Å². The van der Waals surface area contributed by atoms with Gasteiger partial charge in [-0.25, -0.2) is 4.98 Å². The number of nitrogens with one attached hydrogen (secondary N) is 1. The maximum Gasteiger partial charge on any atom is 0.274 e. The van der Waals surface area contributed by atoms with Gasteiger partial charge in [0.1, 0.15) is 11.3 Å². The van der Waals surface area contributed by atoms with E-state index < -0.39 is 0 Å². The van der Waals surface area contributed by atoms with Crippen molar-refractivity contribution < 1.29 is 14.3 Å². The summed E-state index contributed by atoms with van der Waals surface area (Å²) in [5.41, 5.74) is 2.44. The lowest BCUT2D eigenvalue weighted by molar-refractivity contribution is 0.102. The maximum atomic E-state index is 12.8. The number of aryl methyl sites for hydroxylation is 1. The van der Waals surface area contributed by atoms with Crippen LogP contribution in [0.15, 0.2) is 36.5 Å². The molecule has 1 amide bonds. The summed E-state index contributed by atoms with van der Waals surface area (Å²) >= 11 is 6.02. The van der Waals surface area contributed by atoms with Crippen LogP contribution in [0.1, 0.15) is 23.1 Å². The molecular weight excluding hydrogens is 342 g/mol. The smallest absolute Gasteiger partial charge is 0.274 e. The minimum Gasteiger partial charge on any atom is -0.493 e. The number of benzene rings is 1. The van der Waals surface area contributed by atoms with Gasteiger partial charge in [0.2, 0.25) is 0 Å². The monoisotopic (exact) mass is 359 g/mol. The number of pyridine rings is 1. The second-order valence-electron chi connectivity index (χ2n) is 5.36. The van der Waals surface area contributed by atoms with E-state index in [1.165, 1.54) is 0 Å². The number of imidazole rings is 1. The van der Waals surface area contributed by atoms with E-state index in [2.05, 4.69) is 10.3 Å². The third-order valence-corrected chi connectivity index (χ3v) is 4.09. The molecule has 0 bridgehead atoms. The van der Waals surface area contributed by atoms with Gasteiger partial charge in [-0.05, 0) is 24.6 Å². The number of carbonyl (C=O) groups excluding carboxylic acids is 1. The lowest BCUT2D eigenvalue weighted by Crippen LogP contribution is -2.16. The molecule has 7 heteroatoms. The fraction of sp³-hybridized carbons (Fsp3) is 0.222. The van der Waals surface area contributed by atoms with E-state index in [0.717, 1.165) is 0 Å². The van der Waals surface area contributed by atoms with Crippen LogP contribution in [0.3, 0.4) is 0 Å². The zero-order valence-electron chi connectivity index (χ0n) is 14.2. The average Bonchev–Trinajstić information content (AvgIpc) is 2.99. The van der Waals surface area contributed by atoms with Gasteiger partial charge < -0.3 is 14.8 Å². The van der Waals surface area contributed by atoms with E-state index in [-0.39, 0.29) is 5.91 Å². The van der Waals surface area contributed by atoms with Gasteiger partial charge in [0.05, 0.1) is 19.9 Å². The number of nitrogens with zero attached hydrogens (tertiary/aromatic N) is 2. The Morgan fingerprint density at radius 2 is 1.96 bits per heavy atom. The highest BCUT2D eigenvalue weighted by Gasteiger charge is 2.19. The number of anilines is 1. The molecule has 0 aliphatic rings. The van der Waals surface area contributed by atoms with Crippen molar-refractivity contribution in [1.29, 1.82) is 0 Å². The number of ether oxygens (including phenoxy) is 2. The van der Waals surface area contributed by atoms with Crippen molar-refractivity contribution in [2.75, 3.05) is 19.5 Å². The van der Waals surface area contributed by atoms with Gasteiger partial charge in [0.25, 0.3) is 5.91 Å².